The first-order chi connectivity index (χ1) is 12.4. The Kier molecular flexibility index (Phi) is 4.29. The summed E-state index contributed by atoms with van der Waals surface area (Å²) in [7, 11) is 0. The number of hydrogen-bond donors (Lipinski definition) is 3. The zero-order valence-corrected chi connectivity index (χ0v) is 14.9. The first kappa shape index (κ1) is 17.2. The molecule has 0 spiro atoms. The number of amides is 2. The Labute approximate surface area is 153 Å². The average Bonchev–Trinajstić information content (AvgIpc) is 2.57. The molecule has 0 radical (unpaired) electrons. The molecule has 4 aliphatic carbocycles. The lowest BCUT2D eigenvalue weighted by atomic mass is 9.49. The number of nitrogens with two attached hydrogens (primary N) is 1. The molecule has 1 aromatic rings. The summed E-state index contributed by atoms with van der Waals surface area (Å²) in [5, 5.41) is 12.8. The fourth-order valence-corrected chi connectivity index (χ4v) is 5.72. The molecule has 4 saturated carbocycles. The number of phenols is 1. The van der Waals surface area contributed by atoms with Crippen molar-refractivity contribution in [3.05, 3.63) is 23.8 Å². The molecular weight excluding hydrogens is 332 g/mol. The van der Waals surface area contributed by atoms with Gasteiger partial charge in [-0.1, -0.05) is 0 Å². The van der Waals surface area contributed by atoms with Crippen molar-refractivity contribution in [1.29, 1.82) is 0 Å². The molecule has 0 unspecified atom stereocenters. The largest absolute Gasteiger partial charge is 0.507 e. The molecule has 0 aliphatic heterocycles. The van der Waals surface area contributed by atoms with Crippen molar-refractivity contribution in [2.45, 2.75) is 38.5 Å². The highest BCUT2D eigenvalue weighted by Crippen LogP contribution is 2.60. The highest BCUT2D eigenvalue weighted by Gasteiger charge is 2.54. The van der Waals surface area contributed by atoms with Gasteiger partial charge >= 0.3 is 0 Å². The molecule has 6 nitrogen and oxygen atoms in total. The van der Waals surface area contributed by atoms with Crippen LogP contribution in [0.15, 0.2) is 18.2 Å². The van der Waals surface area contributed by atoms with Crippen LogP contribution in [0.4, 0.5) is 0 Å². The summed E-state index contributed by atoms with van der Waals surface area (Å²) in [4.78, 5) is 23.9. The van der Waals surface area contributed by atoms with Crippen LogP contribution in [0.25, 0.3) is 0 Å². The van der Waals surface area contributed by atoms with E-state index < -0.39 is 5.91 Å². The van der Waals surface area contributed by atoms with Gasteiger partial charge in [0.05, 0.1) is 12.1 Å². The maximum absolute atomic E-state index is 12.8. The van der Waals surface area contributed by atoms with E-state index >= 15 is 0 Å². The monoisotopic (exact) mass is 358 g/mol. The maximum atomic E-state index is 12.8. The summed E-state index contributed by atoms with van der Waals surface area (Å²) in [6.45, 7) is 0.742. The van der Waals surface area contributed by atoms with Gasteiger partial charge in [-0.05, 0) is 68.4 Å². The summed E-state index contributed by atoms with van der Waals surface area (Å²) in [6.07, 6.45) is 7.11. The third-order valence-corrected chi connectivity index (χ3v) is 6.41. The summed E-state index contributed by atoms with van der Waals surface area (Å²) in [5.41, 5.74) is 5.08. The van der Waals surface area contributed by atoms with Crippen molar-refractivity contribution in [1.82, 2.24) is 5.32 Å². The minimum atomic E-state index is -0.683. The van der Waals surface area contributed by atoms with Gasteiger partial charge in [0.1, 0.15) is 18.1 Å². The molecular formula is C20H26N2O4. The summed E-state index contributed by atoms with van der Waals surface area (Å²) >= 11 is 0. The van der Waals surface area contributed by atoms with E-state index in [-0.39, 0.29) is 22.6 Å². The molecule has 1 aromatic carbocycles. The van der Waals surface area contributed by atoms with Gasteiger partial charge in [0.25, 0.3) is 5.91 Å². The standard InChI is InChI=1S/C20H26N2O4/c21-18(24)16-2-1-15(8-17(16)23)26-4-3-22-19(25)20-9-12-5-13(10-20)7-14(6-12)11-20/h1-2,8,12-14,23H,3-7,9-11H2,(H2,21,24)(H,22,25). The van der Waals surface area contributed by atoms with Gasteiger partial charge in [-0.25, -0.2) is 0 Å². The van der Waals surface area contributed by atoms with Crippen LogP contribution in [0.5, 0.6) is 11.5 Å². The van der Waals surface area contributed by atoms with Crippen molar-refractivity contribution in [3.63, 3.8) is 0 Å². The number of rotatable bonds is 6. The van der Waals surface area contributed by atoms with Crippen molar-refractivity contribution >= 4 is 11.8 Å². The Morgan fingerprint density at radius 1 is 1.15 bits per heavy atom. The zero-order chi connectivity index (χ0) is 18.3. The fraction of sp³-hybridized carbons (Fsp3) is 0.600. The number of benzene rings is 1. The molecule has 4 bridgehead atoms. The average molecular weight is 358 g/mol. The van der Waals surface area contributed by atoms with E-state index in [0.717, 1.165) is 37.0 Å². The predicted octanol–water partition coefficient (Wildman–Crippen LogP) is 2.20. The molecule has 0 saturated heterocycles. The van der Waals surface area contributed by atoms with Gasteiger partial charge in [0, 0.05) is 11.5 Å². The Hall–Kier alpha value is -2.24. The summed E-state index contributed by atoms with van der Waals surface area (Å²) < 4.78 is 5.56. The van der Waals surface area contributed by atoms with Gasteiger partial charge in [0.2, 0.25) is 5.91 Å². The summed E-state index contributed by atoms with van der Waals surface area (Å²) in [6, 6.07) is 4.38. The number of hydrogen-bond acceptors (Lipinski definition) is 4. The van der Waals surface area contributed by atoms with E-state index in [1.165, 1.54) is 31.4 Å². The van der Waals surface area contributed by atoms with Crippen LogP contribution in [-0.4, -0.2) is 30.1 Å². The van der Waals surface area contributed by atoms with Gasteiger partial charge in [0.15, 0.2) is 0 Å². The SMILES string of the molecule is NC(=O)c1ccc(OCCNC(=O)C23CC4CC(CC(C4)C2)C3)cc1O. The molecule has 6 heteroatoms. The number of carbonyl (C=O) groups is 2. The topological polar surface area (TPSA) is 102 Å². The first-order valence-electron chi connectivity index (χ1n) is 9.49. The van der Waals surface area contributed by atoms with E-state index in [9.17, 15) is 14.7 Å². The maximum Gasteiger partial charge on any atom is 0.252 e. The van der Waals surface area contributed by atoms with Crippen LogP contribution in [0.3, 0.4) is 0 Å². The van der Waals surface area contributed by atoms with Crippen LogP contribution >= 0.6 is 0 Å². The second-order valence-electron chi connectivity index (χ2n) is 8.35. The van der Waals surface area contributed by atoms with Gasteiger partial charge < -0.3 is 20.9 Å². The summed E-state index contributed by atoms with van der Waals surface area (Å²) in [5.74, 6) is 1.98. The molecule has 26 heavy (non-hydrogen) atoms. The van der Waals surface area contributed by atoms with Crippen molar-refractivity contribution in [2.75, 3.05) is 13.2 Å². The van der Waals surface area contributed by atoms with Crippen LogP contribution in [0.1, 0.15) is 48.9 Å². The van der Waals surface area contributed by atoms with E-state index in [1.54, 1.807) is 6.07 Å². The van der Waals surface area contributed by atoms with Crippen LogP contribution in [0, 0.1) is 23.2 Å². The highest BCUT2D eigenvalue weighted by atomic mass is 16.5. The van der Waals surface area contributed by atoms with Gasteiger partial charge in [-0.3, -0.25) is 9.59 Å². The number of ether oxygens (including phenoxy) is 1. The Morgan fingerprint density at radius 3 is 2.31 bits per heavy atom. The zero-order valence-electron chi connectivity index (χ0n) is 14.9. The Balaban J connectivity index is 1.28. The quantitative estimate of drug-likeness (QED) is 0.679. The van der Waals surface area contributed by atoms with Crippen molar-refractivity contribution < 1.29 is 19.4 Å². The molecule has 140 valence electrons. The van der Waals surface area contributed by atoms with Crippen LogP contribution in [-0.2, 0) is 4.79 Å². The van der Waals surface area contributed by atoms with E-state index in [4.69, 9.17) is 10.5 Å². The number of nitrogens with one attached hydrogen (secondary N) is 1. The predicted molar refractivity (Wildman–Crippen MR) is 95.7 cm³/mol. The van der Waals surface area contributed by atoms with Crippen LogP contribution in [0.2, 0.25) is 0 Å². The molecule has 2 amide bonds. The van der Waals surface area contributed by atoms with Gasteiger partial charge in [-0.2, -0.15) is 0 Å². The molecule has 0 atom stereocenters. The lowest BCUT2D eigenvalue weighted by molar-refractivity contribution is -0.146. The fourth-order valence-electron chi connectivity index (χ4n) is 5.72. The smallest absolute Gasteiger partial charge is 0.252 e. The molecule has 5 rings (SSSR count). The van der Waals surface area contributed by atoms with Crippen LogP contribution < -0.4 is 15.8 Å². The first-order valence-corrected chi connectivity index (χ1v) is 9.49. The third kappa shape index (κ3) is 3.13. The number of aromatic hydroxyl groups is 1. The van der Waals surface area contributed by atoms with Crippen molar-refractivity contribution in [2.24, 2.45) is 28.9 Å². The molecule has 0 aromatic heterocycles. The van der Waals surface area contributed by atoms with Crippen molar-refractivity contribution in [3.8, 4) is 11.5 Å². The Bertz CT molecular complexity index is 695. The molecule has 4 fully saturated rings. The number of primary amides is 1. The highest BCUT2D eigenvalue weighted by molar-refractivity contribution is 5.95. The molecule has 4 aliphatic rings. The normalized spacial score (nSPS) is 31.6. The lowest BCUT2D eigenvalue weighted by Crippen LogP contribution is -2.54. The molecule has 4 N–H and O–H groups in total. The van der Waals surface area contributed by atoms with E-state index in [0.29, 0.717) is 18.9 Å². The second kappa shape index (κ2) is 6.49. The molecule has 0 heterocycles. The van der Waals surface area contributed by atoms with E-state index in [2.05, 4.69) is 5.32 Å². The third-order valence-electron chi connectivity index (χ3n) is 6.41. The minimum absolute atomic E-state index is 0.0625. The lowest BCUT2D eigenvalue weighted by Gasteiger charge is -2.55. The second-order valence-corrected chi connectivity index (χ2v) is 8.35. The Morgan fingerprint density at radius 2 is 1.77 bits per heavy atom. The van der Waals surface area contributed by atoms with Gasteiger partial charge in [-0.15, -0.1) is 0 Å². The number of carbonyl (C=O) groups excluding carboxylic acids is 2. The minimum Gasteiger partial charge on any atom is -0.507 e. The van der Waals surface area contributed by atoms with E-state index in [1.807, 2.05) is 0 Å².